The van der Waals surface area contributed by atoms with Crippen molar-refractivity contribution in [1.82, 2.24) is 4.90 Å². The van der Waals surface area contributed by atoms with Crippen LogP contribution in [0, 0.1) is 0 Å². The Morgan fingerprint density at radius 1 is 1.35 bits per heavy atom. The zero-order valence-electron chi connectivity index (χ0n) is 13.0. The predicted molar refractivity (Wildman–Crippen MR) is 92.7 cm³/mol. The molecule has 5 nitrogen and oxygen atoms in total. The summed E-state index contributed by atoms with van der Waals surface area (Å²) in [7, 11) is 0. The lowest BCUT2D eigenvalue weighted by molar-refractivity contribution is -0.136. The summed E-state index contributed by atoms with van der Waals surface area (Å²) in [6, 6.07) is 4.37. The van der Waals surface area contributed by atoms with Crippen molar-refractivity contribution in [2.45, 2.75) is 44.7 Å². The Bertz CT molecular complexity index is 572. The molecule has 1 saturated heterocycles. The normalized spacial score (nSPS) is 18.8. The van der Waals surface area contributed by atoms with E-state index in [1.165, 1.54) is 0 Å². The number of nitrogens with zero attached hydrogens (tertiary/aromatic N) is 1. The third-order valence-corrected chi connectivity index (χ3v) is 4.26. The van der Waals surface area contributed by atoms with Gasteiger partial charge in [0.05, 0.1) is 0 Å². The van der Waals surface area contributed by atoms with Crippen LogP contribution < -0.4 is 11.1 Å². The number of likely N-dealkylation sites (tertiary alicyclic amines) is 1. The zero-order valence-corrected chi connectivity index (χ0v) is 14.5. The van der Waals surface area contributed by atoms with E-state index in [0.717, 1.165) is 6.42 Å². The maximum Gasteiger partial charge on any atom is 0.247 e. The molecule has 7 heteroatoms. The molecular formula is C16H21Cl2N3O2. The summed E-state index contributed by atoms with van der Waals surface area (Å²) in [4.78, 5) is 26.4. The Labute approximate surface area is 146 Å². The first-order valence-corrected chi connectivity index (χ1v) is 8.44. The molecule has 0 spiro atoms. The van der Waals surface area contributed by atoms with Gasteiger partial charge in [-0.1, -0.05) is 23.2 Å². The highest BCUT2D eigenvalue weighted by Crippen LogP contribution is 2.25. The largest absolute Gasteiger partial charge is 0.331 e. The number of carbonyl (C=O) groups excluding carboxylic acids is 2. The summed E-state index contributed by atoms with van der Waals surface area (Å²) >= 11 is 11.9. The number of nitrogens with two attached hydrogens (primary N) is 1. The van der Waals surface area contributed by atoms with Gasteiger partial charge in [-0.15, -0.1) is 0 Å². The van der Waals surface area contributed by atoms with Gasteiger partial charge >= 0.3 is 0 Å². The maximum atomic E-state index is 12.5. The average molecular weight is 358 g/mol. The number of nitrogens with one attached hydrogen (secondary N) is 1. The van der Waals surface area contributed by atoms with E-state index >= 15 is 0 Å². The van der Waals surface area contributed by atoms with Crippen molar-refractivity contribution in [2.75, 3.05) is 11.9 Å². The Balaban J connectivity index is 2.01. The number of benzene rings is 1. The number of hydrogen-bond donors (Lipinski definition) is 2. The van der Waals surface area contributed by atoms with Crippen LogP contribution in [0.15, 0.2) is 18.2 Å². The van der Waals surface area contributed by atoms with Crippen LogP contribution in [0.25, 0.3) is 0 Å². The Kier molecular flexibility index (Phi) is 6.27. The van der Waals surface area contributed by atoms with Gasteiger partial charge in [0, 0.05) is 34.7 Å². The Morgan fingerprint density at radius 3 is 2.61 bits per heavy atom. The molecule has 2 atom stereocenters. The molecule has 3 N–H and O–H groups in total. The Morgan fingerprint density at radius 2 is 2.00 bits per heavy atom. The first kappa shape index (κ1) is 18.0. The molecular weight excluding hydrogens is 337 g/mol. The minimum Gasteiger partial charge on any atom is -0.331 e. The van der Waals surface area contributed by atoms with Crippen molar-refractivity contribution in [2.24, 2.45) is 5.73 Å². The van der Waals surface area contributed by atoms with E-state index in [2.05, 4.69) is 5.32 Å². The SMILES string of the molecule is CC(N)CCC(=O)N1CCCC1C(=O)Nc1cc(Cl)cc(Cl)c1. The second-order valence-corrected chi connectivity index (χ2v) is 6.78. The van der Waals surface area contributed by atoms with Gasteiger partial charge < -0.3 is 16.0 Å². The molecule has 0 aromatic heterocycles. The van der Waals surface area contributed by atoms with Crippen molar-refractivity contribution in [3.8, 4) is 0 Å². The number of halogens is 2. The van der Waals surface area contributed by atoms with Crippen LogP contribution >= 0.6 is 23.2 Å². The molecule has 1 aromatic carbocycles. The molecule has 1 heterocycles. The molecule has 0 bridgehead atoms. The monoisotopic (exact) mass is 357 g/mol. The van der Waals surface area contributed by atoms with Gasteiger partial charge in [-0.2, -0.15) is 0 Å². The summed E-state index contributed by atoms with van der Waals surface area (Å²) in [6.45, 7) is 2.47. The molecule has 23 heavy (non-hydrogen) atoms. The summed E-state index contributed by atoms with van der Waals surface area (Å²) in [5.41, 5.74) is 6.22. The molecule has 1 aliphatic rings. The fourth-order valence-corrected chi connectivity index (χ4v) is 3.21. The zero-order chi connectivity index (χ0) is 17.0. The van der Waals surface area contributed by atoms with Gasteiger partial charge in [0.15, 0.2) is 0 Å². The standard InChI is InChI=1S/C16H21Cl2N3O2/c1-10(19)4-5-15(22)21-6-2-3-14(21)16(23)20-13-8-11(17)7-12(18)9-13/h7-10,14H,2-6,19H2,1H3,(H,20,23). The number of amides is 2. The highest BCUT2D eigenvalue weighted by atomic mass is 35.5. The van der Waals surface area contributed by atoms with Crippen molar-refractivity contribution >= 4 is 40.7 Å². The lowest BCUT2D eigenvalue weighted by Gasteiger charge is -2.24. The topological polar surface area (TPSA) is 75.4 Å². The van der Waals surface area contributed by atoms with E-state index in [1.54, 1.807) is 23.1 Å². The fraction of sp³-hybridized carbons (Fsp3) is 0.500. The molecule has 1 aromatic rings. The van der Waals surface area contributed by atoms with E-state index in [4.69, 9.17) is 28.9 Å². The minimum absolute atomic E-state index is 0.0240. The summed E-state index contributed by atoms with van der Waals surface area (Å²) < 4.78 is 0. The number of anilines is 1. The minimum atomic E-state index is -0.451. The van der Waals surface area contributed by atoms with Gasteiger partial charge in [0.1, 0.15) is 6.04 Å². The van der Waals surface area contributed by atoms with Crippen molar-refractivity contribution in [3.63, 3.8) is 0 Å². The van der Waals surface area contributed by atoms with Crippen LogP contribution in [-0.4, -0.2) is 35.3 Å². The van der Waals surface area contributed by atoms with Gasteiger partial charge in [-0.05, 0) is 44.4 Å². The molecule has 1 aliphatic heterocycles. The predicted octanol–water partition coefficient (Wildman–Crippen LogP) is 3.05. The number of rotatable bonds is 5. The number of carbonyl (C=O) groups is 2. The third kappa shape index (κ3) is 5.09. The second-order valence-electron chi connectivity index (χ2n) is 5.91. The van der Waals surface area contributed by atoms with E-state index in [1.807, 2.05) is 6.92 Å². The molecule has 0 aliphatic carbocycles. The van der Waals surface area contributed by atoms with Gasteiger partial charge in [-0.3, -0.25) is 9.59 Å². The highest BCUT2D eigenvalue weighted by molar-refractivity contribution is 6.35. The van der Waals surface area contributed by atoms with Gasteiger partial charge in [0.25, 0.3) is 0 Å². The first-order chi connectivity index (χ1) is 10.9. The van der Waals surface area contributed by atoms with Crippen LogP contribution in [0.1, 0.15) is 32.6 Å². The average Bonchev–Trinajstić information content (AvgIpc) is 2.93. The van der Waals surface area contributed by atoms with E-state index in [-0.39, 0.29) is 17.9 Å². The first-order valence-electron chi connectivity index (χ1n) is 7.69. The van der Waals surface area contributed by atoms with Crippen LogP contribution in [0.2, 0.25) is 10.0 Å². The van der Waals surface area contributed by atoms with Crippen molar-refractivity contribution in [1.29, 1.82) is 0 Å². The molecule has 126 valence electrons. The van der Waals surface area contributed by atoms with Crippen LogP contribution in [0.3, 0.4) is 0 Å². The molecule has 0 radical (unpaired) electrons. The molecule has 1 fully saturated rings. The van der Waals surface area contributed by atoms with E-state index in [9.17, 15) is 9.59 Å². The summed E-state index contributed by atoms with van der Waals surface area (Å²) in [5.74, 6) is -0.237. The summed E-state index contributed by atoms with van der Waals surface area (Å²) in [6.07, 6.45) is 2.46. The highest BCUT2D eigenvalue weighted by Gasteiger charge is 2.33. The van der Waals surface area contributed by atoms with Crippen LogP contribution in [0.5, 0.6) is 0 Å². The number of hydrogen-bond acceptors (Lipinski definition) is 3. The summed E-state index contributed by atoms with van der Waals surface area (Å²) in [5, 5.41) is 3.69. The van der Waals surface area contributed by atoms with E-state index < -0.39 is 6.04 Å². The molecule has 2 rings (SSSR count). The fourth-order valence-electron chi connectivity index (χ4n) is 2.68. The third-order valence-electron chi connectivity index (χ3n) is 3.82. The van der Waals surface area contributed by atoms with Crippen molar-refractivity contribution < 1.29 is 9.59 Å². The van der Waals surface area contributed by atoms with Gasteiger partial charge in [0.2, 0.25) is 11.8 Å². The lowest BCUT2D eigenvalue weighted by atomic mass is 10.1. The smallest absolute Gasteiger partial charge is 0.247 e. The quantitative estimate of drug-likeness (QED) is 0.850. The molecule has 0 saturated carbocycles. The van der Waals surface area contributed by atoms with Crippen LogP contribution in [0.4, 0.5) is 5.69 Å². The van der Waals surface area contributed by atoms with Crippen LogP contribution in [-0.2, 0) is 9.59 Å². The van der Waals surface area contributed by atoms with Crippen molar-refractivity contribution in [3.05, 3.63) is 28.2 Å². The molecule has 2 amide bonds. The maximum absolute atomic E-state index is 12.5. The second kappa shape index (κ2) is 7.99. The van der Waals surface area contributed by atoms with Gasteiger partial charge in [-0.25, -0.2) is 0 Å². The van der Waals surface area contributed by atoms with E-state index in [0.29, 0.717) is 41.5 Å². The Hall–Kier alpha value is -1.30. The lowest BCUT2D eigenvalue weighted by Crippen LogP contribution is -2.43. The molecule has 2 unspecified atom stereocenters.